The van der Waals surface area contributed by atoms with Crippen molar-refractivity contribution >= 4 is 29.2 Å². The summed E-state index contributed by atoms with van der Waals surface area (Å²) in [6, 6.07) is 23.0. The van der Waals surface area contributed by atoms with E-state index >= 15 is 0 Å². The van der Waals surface area contributed by atoms with Crippen molar-refractivity contribution in [1.82, 2.24) is 19.7 Å². The van der Waals surface area contributed by atoms with Gasteiger partial charge in [0.2, 0.25) is 5.82 Å². The number of hydrogen-bond acceptors (Lipinski definition) is 6. The summed E-state index contributed by atoms with van der Waals surface area (Å²) in [4.78, 5) is 22.3. The van der Waals surface area contributed by atoms with Gasteiger partial charge in [-0.2, -0.15) is 4.98 Å². The first-order valence-corrected chi connectivity index (χ1v) is 12.5. The number of carbonyl (C=O) groups is 1. The van der Waals surface area contributed by atoms with Gasteiger partial charge in [0, 0.05) is 34.6 Å². The maximum Gasteiger partial charge on any atom is 0.323 e. The second kappa shape index (κ2) is 10.5. The lowest BCUT2D eigenvalue weighted by molar-refractivity contribution is 0.262. The molecule has 8 nitrogen and oxygen atoms in total. The molecule has 5 rings (SSSR count). The minimum atomic E-state index is -0.287. The fourth-order valence-electron chi connectivity index (χ4n) is 3.68. The number of anilines is 2. The van der Waals surface area contributed by atoms with Crippen LogP contribution in [0.1, 0.15) is 11.1 Å². The highest BCUT2D eigenvalue weighted by Crippen LogP contribution is 2.22. The number of urea groups is 1. The summed E-state index contributed by atoms with van der Waals surface area (Å²) in [6.45, 7) is 2.63. The average Bonchev–Trinajstić information content (AvgIpc) is 3.55. The average molecular weight is 497 g/mol. The van der Waals surface area contributed by atoms with Crippen LogP contribution in [-0.4, -0.2) is 32.0 Å². The first-order valence-electron chi connectivity index (χ1n) is 11.3. The van der Waals surface area contributed by atoms with Crippen LogP contribution in [-0.2, 0) is 6.54 Å². The molecular formula is C27H24N6O2S. The van der Waals surface area contributed by atoms with E-state index in [-0.39, 0.29) is 6.03 Å². The number of nitrogens with one attached hydrogen (secondary N) is 2. The molecule has 0 aliphatic rings. The highest BCUT2D eigenvalue weighted by Gasteiger charge is 2.13. The summed E-state index contributed by atoms with van der Waals surface area (Å²) in [5.41, 5.74) is 5.16. The molecule has 0 unspecified atom stereocenters. The molecule has 0 bridgehead atoms. The Kier molecular flexibility index (Phi) is 6.81. The Balaban J connectivity index is 1.19. The van der Waals surface area contributed by atoms with Crippen LogP contribution in [0.15, 0.2) is 94.7 Å². The summed E-state index contributed by atoms with van der Waals surface area (Å²) in [7, 11) is 0. The van der Waals surface area contributed by atoms with Gasteiger partial charge in [0.05, 0.1) is 6.33 Å². The fraction of sp³-hybridized carbons (Fsp3) is 0.111. The number of amides is 2. The molecule has 2 heterocycles. The molecule has 0 saturated heterocycles. The lowest BCUT2D eigenvalue weighted by atomic mass is 10.1. The molecule has 2 amide bonds. The van der Waals surface area contributed by atoms with Crippen LogP contribution >= 0.6 is 11.8 Å². The minimum absolute atomic E-state index is 0.287. The Morgan fingerprint density at radius 1 is 1.00 bits per heavy atom. The topological polar surface area (TPSA) is 97.9 Å². The molecule has 0 aliphatic carbocycles. The molecule has 0 aliphatic heterocycles. The molecule has 0 atom stereocenters. The molecule has 2 aromatic heterocycles. The molecule has 2 N–H and O–H groups in total. The van der Waals surface area contributed by atoms with E-state index in [2.05, 4.69) is 25.8 Å². The van der Waals surface area contributed by atoms with Crippen LogP contribution in [0.2, 0.25) is 0 Å². The standard InChI is InChI=1S/C27H24N6O2S/c1-18-5-3-6-20(13-18)25-31-26(35-32-25)24-16-33(17-28-24)15-19-9-11-21(12-10-19)29-27(34)30-22-7-4-8-23(14-22)36-2/h3-14,16-17H,15H2,1-2H3,(H2,29,30,34). The normalized spacial score (nSPS) is 10.8. The number of carbonyl (C=O) groups excluding carboxylic acids is 1. The van der Waals surface area contributed by atoms with Crippen LogP contribution in [0.3, 0.4) is 0 Å². The summed E-state index contributed by atoms with van der Waals surface area (Å²) in [6.07, 6.45) is 5.60. The number of aryl methyl sites for hydroxylation is 1. The molecule has 3 aromatic carbocycles. The fourth-order valence-corrected chi connectivity index (χ4v) is 4.14. The van der Waals surface area contributed by atoms with Crippen molar-refractivity contribution in [3.63, 3.8) is 0 Å². The number of benzene rings is 3. The van der Waals surface area contributed by atoms with E-state index in [1.807, 2.05) is 96.7 Å². The van der Waals surface area contributed by atoms with Gasteiger partial charge in [0.15, 0.2) is 0 Å². The smallest absolute Gasteiger partial charge is 0.323 e. The lowest BCUT2D eigenvalue weighted by Crippen LogP contribution is -2.19. The van der Waals surface area contributed by atoms with Crippen molar-refractivity contribution < 1.29 is 9.32 Å². The highest BCUT2D eigenvalue weighted by atomic mass is 32.2. The zero-order chi connectivity index (χ0) is 24.9. The van der Waals surface area contributed by atoms with Gasteiger partial charge in [-0.05, 0) is 55.1 Å². The zero-order valence-corrected chi connectivity index (χ0v) is 20.6. The van der Waals surface area contributed by atoms with Gasteiger partial charge < -0.3 is 19.7 Å². The van der Waals surface area contributed by atoms with Gasteiger partial charge in [-0.1, -0.05) is 47.1 Å². The van der Waals surface area contributed by atoms with Crippen molar-refractivity contribution in [1.29, 1.82) is 0 Å². The predicted molar refractivity (Wildman–Crippen MR) is 142 cm³/mol. The third-order valence-corrected chi connectivity index (χ3v) is 6.18. The first-order chi connectivity index (χ1) is 17.6. The van der Waals surface area contributed by atoms with Crippen LogP contribution in [0.25, 0.3) is 23.0 Å². The van der Waals surface area contributed by atoms with Gasteiger partial charge in [-0.25, -0.2) is 9.78 Å². The van der Waals surface area contributed by atoms with E-state index < -0.39 is 0 Å². The highest BCUT2D eigenvalue weighted by molar-refractivity contribution is 7.98. The van der Waals surface area contributed by atoms with Crippen molar-refractivity contribution in [3.05, 3.63) is 96.4 Å². The molecule has 9 heteroatoms. The molecule has 0 radical (unpaired) electrons. The Labute approximate surface area is 212 Å². The molecule has 0 spiro atoms. The van der Waals surface area contributed by atoms with Crippen molar-refractivity contribution in [2.45, 2.75) is 18.4 Å². The Hall–Kier alpha value is -4.37. The van der Waals surface area contributed by atoms with Crippen LogP contribution in [0, 0.1) is 6.92 Å². The maximum absolute atomic E-state index is 12.3. The second-order valence-corrected chi connectivity index (χ2v) is 9.11. The predicted octanol–water partition coefficient (Wildman–Crippen LogP) is 6.32. The third-order valence-electron chi connectivity index (χ3n) is 5.46. The molecular weight excluding hydrogens is 472 g/mol. The SMILES string of the molecule is CSc1cccc(NC(=O)Nc2ccc(Cn3cnc(-c4nc(-c5cccc(C)c5)no4)c3)cc2)c1. The minimum Gasteiger partial charge on any atom is -0.332 e. The molecule has 0 fully saturated rings. The molecule has 36 heavy (non-hydrogen) atoms. The van der Waals surface area contributed by atoms with Crippen molar-refractivity contribution in [2.75, 3.05) is 16.9 Å². The summed E-state index contributed by atoms with van der Waals surface area (Å²) in [5.74, 6) is 0.909. The summed E-state index contributed by atoms with van der Waals surface area (Å²) in [5, 5.41) is 9.81. The van der Waals surface area contributed by atoms with Crippen molar-refractivity contribution in [3.8, 4) is 23.0 Å². The number of rotatable bonds is 7. The molecule has 5 aromatic rings. The lowest BCUT2D eigenvalue weighted by Gasteiger charge is -2.09. The number of imidazole rings is 1. The van der Waals surface area contributed by atoms with E-state index in [9.17, 15) is 4.79 Å². The van der Waals surface area contributed by atoms with Crippen molar-refractivity contribution in [2.24, 2.45) is 0 Å². The van der Waals surface area contributed by atoms with Gasteiger partial charge in [-0.15, -0.1) is 11.8 Å². The van der Waals surface area contributed by atoms with Gasteiger partial charge >= 0.3 is 6.03 Å². The van der Waals surface area contributed by atoms with Crippen LogP contribution < -0.4 is 10.6 Å². The zero-order valence-electron chi connectivity index (χ0n) is 19.8. The van der Waals surface area contributed by atoms with Crippen LogP contribution in [0.5, 0.6) is 0 Å². The summed E-state index contributed by atoms with van der Waals surface area (Å²) >= 11 is 1.63. The maximum atomic E-state index is 12.3. The van der Waals surface area contributed by atoms with Gasteiger partial charge in [0.25, 0.3) is 5.89 Å². The number of hydrogen-bond donors (Lipinski definition) is 2. The van der Waals surface area contributed by atoms with Gasteiger partial charge in [0.1, 0.15) is 5.69 Å². The monoisotopic (exact) mass is 496 g/mol. The van der Waals surface area contributed by atoms with Gasteiger partial charge in [-0.3, -0.25) is 0 Å². The molecule has 0 saturated carbocycles. The van der Waals surface area contributed by atoms with Crippen LogP contribution in [0.4, 0.5) is 16.2 Å². The quantitative estimate of drug-likeness (QED) is 0.256. The third kappa shape index (κ3) is 5.64. The number of nitrogens with zero attached hydrogens (tertiary/aromatic N) is 4. The molecule has 180 valence electrons. The Bertz CT molecular complexity index is 1490. The second-order valence-electron chi connectivity index (χ2n) is 8.23. The first kappa shape index (κ1) is 23.4. The van der Waals surface area contributed by atoms with E-state index in [1.165, 1.54) is 0 Å². The van der Waals surface area contributed by atoms with E-state index in [0.717, 1.165) is 27.3 Å². The number of aromatic nitrogens is 4. The summed E-state index contributed by atoms with van der Waals surface area (Å²) < 4.78 is 7.38. The Morgan fingerprint density at radius 3 is 2.61 bits per heavy atom. The van der Waals surface area contributed by atoms with E-state index in [4.69, 9.17) is 4.52 Å². The Morgan fingerprint density at radius 2 is 1.81 bits per heavy atom. The largest absolute Gasteiger partial charge is 0.332 e. The number of thioether (sulfide) groups is 1. The van der Waals surface area contributed by atoms with E-state index in [0.29, 0.717) is 29.6 Å². The van der Waals surface area contributed by atoms with E-state index in [1.54, 1.807) is 18.1 Å².